The molecule has 8 rings (SSSR count). The Hall–Kier alpha value is -4.40. The molecule has 8 aromatic rings. The minimum atomic E-state index is 1.19. The van der Waals surface area contributed by atoms with Crippen molar-refractivity contribution in [2.45, 2.75) is 0 Å². The molecule has 0 saturated heterocycles. The molecule has 6 aromatic carbocycles. The van der Waals surface area contributed by atoms with Crippen molar-refractivity contribution in [2.75, 3.05) is 0 Å². The van der Waals surface area contributed by atoms with Gasteiger partial charge in [-0.3, -0.25) is 0 Å². The lowest BCUT2D eigenvalue weighted by molar-refractivity contribution is 1.18. The third kappa shape index (κ3) is 2.82. The van der Waals surface area contributed by atoms with Crippen LogP contribution in [-0.4, -0.2) is 4.57 Å². The lowest BCUT2D eigenvalue weighted by atomic mass is 10.0. The van der Waals surface area contributed by atoms with Gasteiger partial charge >= 0.3 is 0 Å². The summed E-state index contributed by atoms with van der Waals surface area (Å²) in [4.78, 5) is 0. The van der Waals surface area contributed by atoms with Crippen LogP contribution in [0, 0.1) is 0 Å². The molecule has 2 heteroatoms. The highest BCUT2D eigenvalue weighted by atomic mass is 32.1. The lowest BCUT2D eigenvalue weighted by Crippen LogP contribution is -1.94. The van der Waals surface area contributed by atoms with E-state index in [1.807, 2.05) is 11.3 Å². The van der Waals surface area contributed by atoms with Gasteiger partial charge in [-0.05, 0) is 64.4 Å². The highest BCUT2D eigenvalue weighted by Crippen LogP contribution is 2.43. The van der Waals surface area contributed by atoms with E-state index >= 15 is 0 Å². The van der Waals surface area contributed by atoms with Crippen molar-refractivity contribution in [1.82, 2.24) is 4.57 Å². The number of nitrogens with zero attached hydrogens (tertiary/aromatic N) is 1. The van der Waals surface area contributed by atoms with Crippen molar-refractivity contribution >= 4 is 64.1 Å². The summed E-state index contributed by atoms with van der Waals surface area (Å²) in [5.74, 6) is 0. The predicted molar refractivity (Wildman–Crippen MR) is 157 cm³/mol. The molecular weight excluding hydrogens is 454 g/mol. The highest BCUT2D eigenvalue weighted by Gasteiger charge is 2.17. The van der Waals surface area contributed by atoms with Crippen molar-refractivity contribution in [3.63, 3.8) is 0 Å². The SMILES string of the molecule is c1cc(-c2ccc3ccccc3c2)cc(-n2c3ccccc3c3c4c(ccc32)sc2ccccc24)c1. The Balaban J connectivity index is 1.43. The van der Waals surface area contributed by atoms with Crippen LogP contribution in [0.4, 0.5) is 0 Å². The lowest BCUT2D eigenvalue weighted by Gasteiger charge is -2.11. The van der Waals surface area contributed by atoms with Crippen molar-refractivity contribution in [1.29, 1.82) is 0 Å². The molecule has 0 bridgehead atoms. The number of benzene rings is 6. The molecule has 0 unspecified atom stereocenters. The molecule has 0 aliphatic rings. The average Bonchev–Trinajstić information content (AvgIpc) is 3.48. The normalized spacial score (nSPS) is 11.9. The summed E-state index contributed by atoms with van der Waals surface area (Å²) < 4.78 is 5.12. The van der Waals surface area contributed by atoms with E-state index in [-0.39, 0.29) is 0 Å². The highest BCUT2D eigenvalue weighted by molar-refractivity contribution is 7.26. The molecule has 0 fully saturated rings. The number of hydrogen-bond acceptors (Lipinski definition) is 1. The Morgan fingerprint density at radius 2 is 1.22 bits per heavy atom. The van der Waals surface area contributed by atoms with Crippen LogP contribution in [0.5, 0.6) is 0 Å². The number of rotatable bonds is 2. The fourth-order valence-electron chi connectivity index (χ4n) is 5.75. The maximum absolute atomic E-state index is 2.43. The number of fused-ring (bicyclic) bond motifs is 8. The van der Waals surface area contributed by atoms with Crippen LogP contribution in [0.15, 0.2) is 127 Å². The second kappa shape index (κ2) is 7.55. The van der Waals surface area contributed by atoms with E-state index in [1.54, 1.807) is 0 Å². The molecule has 0 aliphatic heterocycles. The van der Waals surface area contributed by atoms with Crippen LogP contribution in [0.3, 0.4) is 0 Å². The summed E-state index contributed by atoms with van der Waals surface area (Å²) >= 11 is 1.88. The Bertz CT molecular complexity index is 2110. The van der Waals surface area contributed by atoms with Gasteiger partial charge in [-0.15, -0.1) is 11.3 Å². The Morgan fingerprint density at radius 3 is 2.17 bits per heavy atom. The molecule has 0 radical (unpaired) electrons. The summed E-state index contributed by atoms with van der Waals surface area (Å²) in [5.41, 5.74) is 6.15. The van der Waals surface area contributed by atoms with E-state index in [0.29, 0.717) is 0 Å². The molecule has 2 aromatic heterocycles. The minimum absolute atomic E-state index is 1.19. The van der Waals surface area contributed by atoms with Gasteiger partial charge in [-0.1, -0.05) is 84.9 Å². The molecule has 36 heavy (non-hydrogen) atoms. The summed E-state index contributed by atoms with van der Waals surface area (Å²) in [5, 5.41) is 7.90. The number of aromatic nitrogens is 1. The molecule has 2 heterocycles. The van der Waals surface area contributed by atoms with Gasteiger partial charge in [0.15, 0.2) is 0 Å². The fourth-order valence-corrected chi connectivity index (χ4v) is 6.86. The third-order valence-corrected chi connectivity index (χ3v) is 8.50. The first kappa shape index (κ1) is 19.9. The third-order valence-electron chi connectivity index (χ3n) is 7.36. The topological polar surface area (TPSA) is 4.93 Å². The maximum atomic E-state index is 2.43. The monoisotopic (exact) mass is 475 g/mol. The molecule has 0 spiro atoms. The predicted octanol–water partition coefficient (Wildman–Crippen LogP) is 9.97. The van der Waals surface area contributed by atoms with Crippen LogP contribution < -0.4 is 0 Å². The molecule has 168 valence electrons. The van der Waals surface area contributed by atoms with Crippen LogP contribution in [0.25, 0.3) is 69.6 Å². The van der Waals surface area contributed by atoms with Crippen molar-refractivity contribution in [2.24, 2.45) is 0 Å². The van der Waals surface area contributed by atoms with Gasteiger partial charge in [-0.2, -0.15) is 0 Å². The standard InChI is InChI=1S/C34H21NS/c1-2-9-23-20-25(17-16-22(23)8-1)24-10-7-11-26(21-24)35-29-14-5-3-12-27(29)33-30(35)18-19-32-34(33)28-13-4-6-15-31(28)36-32/h1-21H. The van der Waals surface area contributed by atoms with Crippen LogP contribution in [0.1, 0.15) is 0 Å². The first-order valence-electron chi connectivity index (χ1n) is 12.3. The Labute approximate surface area is 212 Å². The Kier molecular flexibility index (Phi) is 4.16. The summed E-state index contributed by atoms with van der Waals surface area (Å²) in [6.07, 6.45) is 0. The Morgan fingerprint density at radius 1 is 0.444 bits per heavy atom. The van der Waals surface area contributed by atoms with E-state index in [9.17, 15) is 0 Å². The van der Waals surface area contributed by atoms with Gasteiger partial charge in [0.1, 0.15) is 0 Å². The second-order valence-electron chi connectivity index (χ2n) is 9.40. The van der Waals surface area contributed by atoms with E-state index in [4.69, 9.17) is 0 Å². The number of para-hydroxylation sites is 1. The molecule has 0 saturated carbocycles. The van der Waals surface area contributed by atoms with Crippen molar-refractivity contribution in [3.05, 3.63) is 127 Å². The van der Waals surface area contributed by atoms with E-state index in [1.165, 1.54) is 69.6 Å². The largest absolute Gasteiger partial charge is 0.309 e. The molecule has 0 N–H and O–H groups in total. The first-order valence-corrected chi connectivity index (χ1v) is 13.1. The number of thiophene rings is 1. The van der Waals surface area contributed by atoms with E-state index in [0.717, 1.165) is 0 Å². The van der Waals surface area contributed by atoms with Gasteiger partial charge < -0.3 is 4.57 Å². The minimum Gasteiger partial charge on any atom is -0.309 e. The summed E-state index contributed by atoms with van der Waals surface area (Å²) in [6, 6.07) is 46.5. The van der Waals surface area contributed by atoms with Crippen LogP contribution >= 0.6 is 11.3 Å². The molecule has 0 amide bonds. The summed E-state index contributed by atoms with van der Waals surface area (Å²) in [6.45, 7) is 0. The maximum Gasteiger partial charge on any atom is 0.0548 e. The van der Waals surface area contributed by atoms with E-state index < -0.39 is 0 Å². The smallest absolute Gasteiger partial charge is 0.0548 e. The van der Waals surface area contributed by atoms with Crippen molar-refractivity contribution < 1.29 is 0 Å². The molecule has 1 nitrogen and oxygen atoms in total. The van der Waals surface area contributed by atoms with Gasteiger partial charge in [0.2, 0.25) is 0 Å². The quantitative estimate of drug-likeness (QED) is 0.234. The van der Waals surface area contributed by atoms with Gasteiger partial charge in [0, 0.05) is 36.6 Å². The van der Waals surface area contributed by atoms with E-state index in [2.05, 4.69) is 132 Å². The molecular formula is C34H21NS. The van der Waals surface area contributed by atoms with Gasteiger partial charge in [0.05, 0.1) is 11.0 Å². The number of hydrogen-bond donors (Lipinski definition) is 0. The van der Waals surface area contributed by atoms with Crippen LogP contribution in [0.2, 0.25) is 0 Å². The second-order valence-corrected chi connectivity index (χ2v) is 10.5. The fraction of sp³-hybridized carbons (Fsp3) is 0. The first-order chi connectivity index (χ1) is 17.8. The van der Waals surface area contributed by atoms with Gasteiger partial charge in [-0.25, -0.2) is 0 Å². The zero-order valence-electron chi connectivity index (χ0n) is 19.5. The molecule has 0 aliphatic carbocycles. The summed E-state index contributed by atoms with van der Waals surface area (Å²) in [7, 11) is 0. The zero-order chi connectivity index (χ0) is 23.6. The van der Waals surface area contributed by atoms with Crippen molar-refractivity contribution in [3.8, 4) is 16.8 Å². The zero-order valence-corrected chi connectivity index (χ0v) is 20.3. The van der Waals surface area contributed by atoms with Gasteiger partial charge in [0.25, 0.3) is 0 Å². The average molecular weight is 476 g/mol. The van der Waals surface area contributed by atoms with Crippen LogP contribution in [-0.2, 0) is 0 Å². The molecule has 0 atom stereocenters.